The molecule has 1 aliphatic rings. The maximum Gasteiger partial charge on any atom is 0.420 e. The van der Waals surface area contributed by atoms with Gasteiger partial charge >= 0.3 is 5.76 Å². The molecular formula is C14H18N2O2. The maximum atomic E-state index is 12.1. The molecule has 2 aromatic rings. The van der Waals surface area contributed by atoms with Crippen LogP contribution < -0.4 is 11.5 Å². The first-order valence-corrected chi connectivity index (χ1v) is 6.61. The number of benzene rings is 1. The molecule has 1 aromatic heterocycles. The van der Waals surface area contributed by atoms with E-state index >= 15 is 0 Å². The van der Waals surface area contributed by atoms with Crippen molar-refractivity contribution < 1.29 is 4.42 Å². The van der Waals surface area contributed by atoms with Gasteiger partial charge < -0.3 is 10.2 Å². The zero-order valence-electron chi connectivity index (χ0n) is 10.3. The number of hydrogen-bond acceptors (Lipinski definition) is 3. The third-order valence-corrected chi connectivity index (χ3v) is 4.02. The van der Waals surface area contributed by atoms with Crippen LogP contribution in [0.4, 0.5) is 0 Å². The molecule has 0 spiro atoms. The van der Waals surface area contributed by atoms with Crippen LogP contribution in [0.5, 0.6) is 0 Å². The first-order chi connectivity index (χ1) is 8.81. The lowest BCUT2D eigenvalue weighted by molar-refractivity contribution is 0.237. The van der Waals surface area contributed by atoms with Crippen molar-refractivity contribution in [3.8, 4) is 0 Å². The minimum Gasteiger partial charge on any atom is -0.408 e. The molecule has 96 valence electrons. The van der Waals surface area contributed by atoms with Gasteiger partial charge in [-0.3, -0.25) is 4.57 Å². The second kappa shape index (κ2) is 4.61. The Morgan fingerprint density at radius 2 is 2.06 bits per heavy atom. The molecule has 18 heavy (non-hydrogen) atoms. The van der Waals surface area contributed by atoms with E-state index in [4.69, 9.17) is 10.2 Å². The van der Waals surface area contributed by atoms with E-state index in [0.717, 1.165) is 24.8 Å². The van der Waals surface area contributed by atoms with Crippen molar-refractivity contribution in [3.63, 3.8) is 0 Å². The van der Waals surface area contributed by atoms with E-state index in [1.54, 1.807) is 0 Å². The standard InChI is InChI=1S/C14H18N2O2/c15-9-10-5-1-2-6-11(10)16-12-7-3-4-8-13(12)18-14(16)17/h3-4,7-8,10-11H,1-2,5-6,9,15H2. The van der Waals surface area contributed by atoms with E-state index < -0.39 is 0 Å². The van der Waals surface area contributed by atoms with Gasteiger partial charge in [-0.15, -0.1) is 0 Å². The molecule has 0 amide bonds. The molecule has 0 radical (unpaired) electrons. The number of rotatable bonds is 2. The molecule has 3 rings (SSSR count). The highest BCUT2D eigenvalue weighted by molar-refractivity contribution is 5.72. The fraction of sp³-hybridized carbons (Fsp3) is 0.500. The summed E-state index contributed by atoms with van der Waals surface area (Å²) in [7, 11) is 0. The van der Waals surface area contributed by atoms with Crippen molar-refractivity contribution >= 4 is 11.1 Å². The van der Waals surface area contributed by atoms with E-state index in [2.05, 4.69) is 0 Å². The summed E-state index contributed by atoms with van der Waals surface area (Å²) in [5.41, 5.74) is 7.41. The summed E-state index contributed by atoms with van der Waals surface area (Å²) in [5.74, 6) is 0.138. The number of oxazole rings is 1. The fourth-order valence-electron chi connectivity index (χ4n) is 3.10. The third-order valence-electron chi connectivity index (χ3n) is 4.02. The van der Waals surface area contributed by atoms with Gasteiger partial charge in [-0.25, -0.2) is 4.79 Å². The predicted molar refractivity (Wildman–Crippen MR) is 70.5 cm³/mol. The molecular weight excluding hydrogens is 228 g/mol. The van der Waals surface area contributed by atoms with Gasteiger partial charge in [0.05, 0.1) is 5.52 Å². The Morgan fingerprint density at radius 3 is 2.89 bits per heavy atom. The Balaban J connectivity index is 2.12. The molecule has 4 heteroatoms. The number of nitrogens with two attached hydrogens (primary N) is 1. The largest absolute Gasteiger partial charge is 0.420 e. The Hall–Kier alpha value is -1.55. The van der Waals surface area contributed by atoms with Crippen LogP contribution in [0.15, 0.2) is 33.5 Å². The second-order valence-corrected chi connectivity index (χ2v) is 5.05. The molecule has 4 nitrogen and oxygen atoms in total. The van der Waals surface area contributed by atoms with Gasteiger partial charge in [0.2, 0.25) is 0 Å². The van der Waals surface area contributed by atoms with Crippen LogP contribution in [-0.4, -0.2) is 11.1 Å². The van der Waals surface area contributed by atoms with Gasteiger partial charge in [0.15, 0.2) is 5.58 Å². The van der Waals surface area contributed by atoms with Crippen molar-refractivity contribution in [2.45, 2.75) is 31.7 Å². The summed E-state index contributed by atoms with van der Waals surface area (Å²) in [6, 6.07) is 7.81. The lowest BCUT2D eigenvalue weighted by atomic mass is 9.84. The zero-order chi connectivity index (χ0) is 12.5. The minimum absolute atomic E-state index is 0.194. The van der Waals surface area contributed by atoms with Gasteiger partial charge in [-0.05, 0) is 37.4 Å². The maximum absolute atomic E-state index is 12.1. The first-order valence-electron chi connectivity index (χ1n) is 6.61. The van der Waals surface area contributed by atoms with E-state index in [9.17, 15) is 4.79 Å². The molecule has 1 heterocycles. The highest BCUT2D eigenvalue weighted by Gasteiger charge is 2.28. The number of fused-ring (bicyclic) bond motifs is 1. The molecule has 2 N–H and O–H groups in total. The second-order valence-electron chi connectivity index (χ2n) is 5.05. The Kier molecular flexibility index (Phi) is 2.96. The van der Waals surface area contributed by atoms with E-state index in [0.29, 0.717) is 18.0 Å². The summed E-state index contributed by atoms with van der Waals surface area (Å²) in [4.78, 5) is 12.1. The van der Waals surface area contributed by atoms with Gasteiger partial charge in [-0.1, -0.05) is 25.0 Å². The predicted octanol–water partition coefficient (Wildman–Crippen LogP) is 2.28. The number of para-hydroxylation sites is 2. The minimum atomic E-state index is -0.249. The lowest BCUT2D eigenvalue weighted by Crippen LogP contribution is -2.33. The van der Waals surface area contributed by atoms with Crippen LogP contribution in [0.1, 0.15) is 31.7 Å². The Bertz CT molecular complexity index is 599. The zero-order valence-corrected chi connectivity index (χ0v) is 10.3. The van der Waals surface area contributed by atoms with Crippen molar-refractivity contribution in [2.24, 2.45) is 11.7 Å². The monoisotopic (exact) mass is 246 g/mol. The summed E-state index contributed by atoms with van der Waals surface area (Å²) >= 11 is 0. The quantitative estimate of drug-likeness (QED) is 0.884. The highest BCUT2D eigenvalue weighted by atomic mass is 16.4. The van der Waals surface area contributed by atoms with Crippen LogP contribution in [0.3, 0.4) is 0 Å². The van der Waals surface area contributed by atoms with E-state index in [1.165, 1.54) is 6.42 Å². The number of hydrogen-bond donors (Lipinski definition) is 1. The summed E-state index contributed by atoms with van der Waals surface area (Å²) in [6.07, 6.45) is 4.49. The topological polar surface area (TPSA) is 61.2 Å². The van der Waals surface area contributed by atoms with Crippen LogP contribution >= 0.6 is 0 Å². The SMILES string of the molecule is NCC1CCCCC1n1c(=O)oc2ccccc21. The smallest absolute Gasteiger partial charge is 0.408 e. The number of aromatic nitrogens is 1. The molecule has 0 aliphatic heterocycles. The molecule has 1 saturated carbocycles. The molecule has 2 atom stereocenters. The van der Waals surface area contributed by atoms with Gasteiger partial charge in [-0.2, -0.15) is 0 Å². The van der Waals surface area contributed by atoms with Gasteiger partial charge in [0.1, 0.15) is 0 Å². The van der Waals surface area contributed by atoms with Crippen molar-refractivity contribution in [1.29, 1.82) is 0 Å². The first kappa shape index (κ1) is 11.5. The van der Waals surface area contributed by atoms with Crippen molar-refractivity contribution in [1.82, 2.24) is 4.57 Å². The van der Waals surface area contributed by atoms with Crippen molar-refractivity contribution in [2.75, 3.05) is 6.54 Å². The fourth-order valence-corrected chi connectivity index (χ4v) is 3.10. The average Bonchev–Trinajstić information content (AvgIpc) is 2.74. The molecule has 1 aliphatic carbocycles. The average molecular weight is 246 g/mol. The summed E-state index contributed by atoms with van der Waals surface area (Å²) in [5, 5.41) is 0. The normalized spacial score (nSPS) is 24.5. The molecule has 0 bridgehead atoms. The van der Waals surface area contributed by atoms with Crippen LogP contribution in [0, 0.1) is 5.92 Å². The number of nitrogens with zero attached hydrogens (tertiary/aromatic N) is 1. The molecule has 0 saturated heterocycles. The van der Waals surface area contributed by atoms with E-state index in [1.807, 2.05) is 28.8 Å². The summed E-state index contributed by atoms with van der Waals surface area (Å²) < 4.78 is 7.12. The van der Waals surface area contributed by atoms with Gasteiger partial charge in [0.25, 0.3) is 0 Å². The van der Waals surface area contributed by atoms with Crippen LogP contribution in [0.25, 0.3) is 11.1 Å². The highest BCUT2D eigenvalue weighted by Crippen LogP contribution is 2.34. The molecule has 1 fully saturated rings. The Labute approximate surface area is 105 Å². The van der Waals surface area contributed by atoms with Crippen LogP contribution in [-0.2, 0) is 0 Å². The lowest BCUT2D eigenvalue weighted by Gasteiger charge is -2.31. The van der Waals surface area contributed by atoms with E-state index in [-0.39, 0.29) is 11.8 Å². The van der Waals surface area contributed by atoms with Crippen molar-refractivity contribution in [3.05, 3.63) is 34.8 Å². The third kappa shape index (κ3) is 1.77. The molecule has 1 aromatic carbocycles. The van der Waals surface area contributed by atoms with Crippen LogP contribution in [0.2, 0.25) is 0 Å². The van der Waals surface area contributed by atoms with Gasteiger partial charge in [0, 0.05) is 6.04 Å². The summed E-state index contributed by atoms with van der Waals surface area (Å²) in [6.45, 7) is 0.636. The molecule has 2 unspecified atom stereocenters. The Morgan fingerprint density at radius 1 is 1.28 bits per heavy atom.